The van der Waals surface area contributed by atoms with E-state index in [-0.39, 0.29) is 42.8 Å². The zero-order valence-electron chi connectivity index (χ0n) is 14.1. The Hall–Kier alpha value is -1.97. The number of nitrogens with zero attached hydrogens (tertiary/aromatic N) is 1. The minimum Gasteiger partial charge on any atom is -0.479 e. The van der Waals surface area contributed by atoms with Crippen molar-refractivity contribution in [2.45, 2.75) is 43.2 Å². The lowest BCUT2D eigenvalue weighted by Gasteiger charge is -2.35. The Bertz CT molecular complexity index is 749. The van der Waals surface area contributed by atoms with Crippen LogP contribution < -0.4 is 4.72 Å². The van der Waals surface area contributed by atoms with Crippen LogP contribution in [0.5, 0.6) is 0 Å². The van der Waals surface area contributed by atoms with Crippen LogP contribution in [0.25, 0.3) is 0 Å². The van der Waals surface area contributed by atoms with Crippen molar-refractivity contribution < 1.29 is 28.2 Å². The molecular weight excluding hydrogens is 348 g/mol. The van der Waals surface area contributed by atoms with Gasteiger partial charge in [0.1, 0.15) is 0 Å². The molecule has 1 aliphatic rings. The molecule has 25 heavy (non-hydrogen) atoms. The molecular formula is C16H22N2O6S. The number of hydrogen-bond acceptors (Lipinski definition) is 5. The van der Waals surface area contributed by atoms with Crippen LogP contribution in [0.3, 0.4) is 0 Å². The molecule has 2 rings (SSSR count). The number of nitrogens with one attached hydrogen (secondary N) is 1. The van der Waals surface area contributed by atoms with Crippen LogP contribution in [-0.4, -0.2) is 60.1 Å². The van der Waals surface area contributed by atoms with Crippen LogP contribution in [0.2, 0.25) is 0 Å². The summed E-state index contributed by atoms with van der Waals surface area (Å²) in [7, 11) is -3.63. The number of likely N-dealkylation sites (tertiary alicyclic amines) is 1. The van der Waals surface area contributed by atoms with Gasteiger partial charge in [0.15, 0.2) is 5.60 Å². The maximum atomic E-state index is 12.5. The van der Waals surface area contributed by atoms with Gasteiger partial charge in [-0.3, -0.25) is 4.79 Å². The second-order valence-electron chi connectivity index (χ2n) is 6.43. The monoisotopic (exact) mass is 370 g/mol. The van der Waals surface area contributed by atoms with Gasteiger partial charge < -0.3 is 15.1 Å². The maximum Gasteiger partial charge on any atom is 0.335 e. The summed E-state index contributed by atoms with van der Waals surface area (Å²) < 4.78 is 26.6. The predicted molar refractivity (Wildman–Crippen MR) is 89.6 cm³/mol. The summed E-state index contributed by atoms with van der Waals surface area (Å²) in [5, 5.41) is 18.9. The molecule has 0 bridgehead atoms. The van der Waals surface area contributed by atoms with E-state index < -0.39 is 21.6 Å². The van der Waals surface area contributed by atoms with E-state index in [4.69, 9.17) is 5.11 Å². The summed E-state index contributed by atoms with van der Waals surface area (Å²) in [6.45, 7) is 3.67. The number of hydrogen-bond donors (Lipinski definition) is 3. The van der Waals surface area contributed by atoms with Crippen LogP contribution in [0.15, 0.2) is 29.2 Å². The lowest BCUT2D eigenvalue weighted by atomic mass is 9.91. The number of piperidine rings is 1. The number of amides is 1. The highest BCUT2D eigenvalue weighted by molar-refractivity contribution is 7.89. The van der Waals surface area contributed by atoms with Gasteiger partial charge in [0, 0.05) is 37.5 Å². The van der Waals surface area contributed by atoms with Crippen molar-refractivity contribution in [1.82, 2.24) is 9.62 Å². The van der Waals surface area contributed by atoms with E-state index in [1.807, 2.05) is 0 Å². The third-order valence-electron chi connectivity index (χ3n) is 4.08. The molecule has 9 heteroatoms. The van der Waals surface area contributed by atoms with E-state index in [9.17, 15) is 23.1 Å². The number of carboxylic acids is 1. The quantitative estimate of drug-likeness (QED) is 0.690. The molecule has 0 atom stereocenters. The highest BCUT2D eigenvalue weighted by atomic mass is 32.2. The standard InChI is InChI=1S/C16H22N2O6S/c1-11(2)17-25(23,24)13-5-3-12(4-6-13)14(19)18-9-7-16(22,8-10-18)15(20)21/h3-6,11,17,22H,7-10H2,1-2H3,(H,20,21). The molecule has 1 fully saturated rings. The molecule has 1 heterocycles. The van der Waals surface area contributed by atoms with Crippen LogP contribution in [0.1, 0.15) is 37.0 Å². The Morgan fingerprint density at radius 2 is 1.68 bits per heavy atom. The number of aliphatic carboxylic acids is 1. The first-order chi connectivity index (χ1) is 11.5. The molecule has 8 nitrogen and oxygen atoms in total. The fraction of sp³-hybridized carbons (Fsp3) is 0.500. The second kappa shape index (κ2) is 7.11. The molecule has 3 N–H and O–H groups in total. The minimum atomic E-state index is -3.63. The summed E-state index contributed by atoms with van der Waals surface area (Å²) in [5.74, 6) is -1.61. The molecule has 0 radical (unpaired) electrons. The summed E-state index contributed by atoms with van der Waals surface area (Å²) in [6, 6.07) is 5.32. The van der Waals surface area contributed by atoms with E-state index in [0.717, 1.165) is 0 Å². The van der Waals surface area contributed by atoms with Crippen molar-refractivity contribution in [2.75, 3.05) is 13.1 Å². The normalized spacial score (nSPS) is 17.5. The fourth-order valence-electron chi connectivity index (χ4n) is 2.63. The highest BCUT2D eigenvalue weighted by Gasteiger charge is 2.40. The Kier molecular flexibility index (Phi) is 5.50. The number of aliphatic hydroxyl groups is 1. The third kappa shape index (κ3) is 4.36. The van der Waals surface area contributed by atoms with Gasteiger partial charge in [0.05, 0.1) is 4.90 Å². The molecule has 0 spiro atoms. The van der Waals surface area contributed by atoms with Crippen molar-refractivity contribution in [3.8, 4) is 0 Å². The minimum absolute atomic E-state index is 0.0428. The lowest BCUT2D eigenvalue weighted by Crippen LogP contribution is -2.50. The average molecular weight is 370 g/mol. The first-order valence-electron chi connectivity index (χ1n) is 7.92. The molecule has 1 aromatic carbocycles. The van der Waals surface area contributed by atoms with Gasteiger partial charge in [0.2, 0.25) is 10.0 Å². The van der Waals surface area contributed by atoms with E-state index >= 15 is 0 Å². The largest absolute Gasteiger partial charge is 0.479 e. The predicted octanol–water partition coefficient (Wildman–Crippen LogP) is 0.425. The SMILES string of the molecule is CC(C)NS(=O)(=O)c1ccc(C(=O)N2CCC(O)(C(=O)O)CC2)cc1. The van der Waals surface area contributed by atoms with Crippen molar-refractivity contribution in [1.29, 1.82) is 0 Å². The Morgan fingerprint density at radius 1 is 1.16 bits per heavy atom. The van der Waals surface area contributed by atoms with E-state index in [2.05, 4.69) is 4.72 Å². The molecule has 1 aromatic rings. The molecule has 0 unspecified atom stereocenters. The van der Waals surface area contributed by atoms with Gasteiger partial charge in [-0.05, 0) is 38.1 Å². The van der Waals surface area contributed by atoms with Crippen molar-refractivity contribution >= 4 is 21.9 Å². The lowest BCUT2D eigenvalue weighted by molar-refractivity contribution is -0.162. The first-order valence-corrected chi connectivity index (χ1v) is 9.41. The van der Waals surface area contributed by atoms with Gasteiger partial charge in [-0.1, -0.05) is 0 Å². The summed E-state index contributed by atoms with van der Waals surface area (Å²) in [4.78, 5) is 25.0. The van der Waals surface area contributed by atoms with Crippen LogP contribution >= 0.6 is 0 Å². The van der Waals surface area contributed by atoms with E-state index in [1.54, 1.807) is 13.8 Å². The second-order valence-corrected chi connectivity index (χ2v) is 8.14. The van der Waals surface area contributed by atoms with Crippen molar-refractivity contribution in [2.24, 2.45) is 0 Å². The number of carboxylic acid groups (broad SMARTS) is 1. The van der Waals surface area contributed by atoms with Gasteiger partial charge >= 0.3 is 5.97 Å². The van der Waals surface area contributed by atoms with Gasteiger partial charge in [-0.15, -0.1) is 0 Å². The number of carbonyl (C=O) groups excluding carboxylic acids is 1. The summed E-state index contributed by atoms with van der Waals surface area (Å²) >= 11 is 0. The molecule has 1 aliphatic heterocycles. The molecule has 0 saturated carbocycles. The Balaban J connectivity index is 2.08. The van der Waals surface area contributed by atoms with E-state index in [0.29, 0.717) is 5.56 Å². The maximum absolute atomic E-state index is 12.5. The third-order valence-corrected chi connectivity index (χ3v) is 5.75. The Morgan fingerprint density at radius 3 is 2.12 bits per heavy atom. The average Bonchev–Trinajstić information content (AvgIpc) is 2.54. The molecule has 1 saturated heterocycles. The van der Waals surface area contributed by atoms with Crippen LogP contribution in [-0.2, 0) is 14.8 Å². The van der Waals surface area contributed by atoms with Crippen molar-refractivity contribution in [3.63, 3.8) is 0 Å². The number of rotatable bonds is 5. The summed E-state index contributed by atoms with van der Waals surface area (Å²) in [5.41, 5.74) is -1.48. The number of sulfonamides is 1. The first kappa shape index (κ1) is 19.4. The molecule has 0 aliphatic carbocycles. The highest BCUT2D eigenvalue weighted by Crippen LogP contribution is 2.24. The number of carbonyl (C=O) groups is 2. The zero-order valence-corrected chi connectivity index (χ0v) is 14.9. The fourth-order valence-corrected chi connectivity index (χ4v) is 3.88. The molecule has 138 valence electrons. The zero-order chi connectivity index (χ0) is 18.8. The molecule has 0 aromatic heterocycles. The van der Waals surface area contributed by atoms with Gasteiger partial charge in [-0.2, -0.15) is 0 Å². The summed E-state index contributed by atoms with van der Waals surface area (Å²) in [6.07, 6.45) is -0.0856. The van der Waals surface area contributed by atoms with Gasteiger partial charge in [-0.25, -0.2) is 17.9 Å². The topological polar surface area (TPSA) is 124 Å². The van der Waals surface area contributed by atoms with Gasteiger partial charge in [0.25, 0.3) is 5.91 Å². The molecule has 1 amide bonds. The van der Waals surface area contributed by atoms with Crippen LogP contribution in [0.4, 0.5) is 0 Å². The number of benzene rings is 1. The smallest absolute Gasteiger partial charge is 0.335 e. The Labute approximate surface area is 146 Å². The van der Waals surface area contributed by atoms with Crippen molar-refractivity contribution in [3.05, 3.63) is 29.8 Å². The van der Waals surface area contributed by atoms with Crippen LogP contribution in [0, 0.1) is 0 Å². The van der Waals surface area contributed by atoms with E-state index in [1.165, 1.54) is 29.2 Å².